The Kier molecular flexibility index (Phi) is 4.44. The van der Waals surface area contributed by atoms with E-state index in [2.05, 4.69) is 10.6 Å². The lowest BCUT2D eigenvalue weighted by Gasteiger charge is -2.18. The number of fused-ring (bicyclic) bond motifs is 1. The van der Waals surface area contributed by atoms with Crippen molar-refractivity contribution in [2.45, 2.75) is 24.3 Å². The first-order valence-corrected chi connectivity index (χ1v) is 7.07. The molecular formula is C13H16N2O3S. The summed E-state index contributed by atoms with van der Waals surface area (Å²) < 4.78 is 0. The van der Waals surface area contributed by atoms with Gasteiger partial charge in [-0.1, -0.05) is 0 Å². The highest BCUT2D eigenvalue weighted by molar-refractivity contribution is 8.00. The molecule has 1 aromatic rings. The maximum Gasteiger partial charge on any atom is 0.251 e. The maximum atomic E-state index is 12.0. The van der Waals surface area contributed by atoms with Crippen molar-refractivity contribution in [1.82, 2.24) is 5.32 Å². The Morgan fingerprint density at radius 3 is 3.11 bits per heavy atom. The van der Waals surface area contributed by atoms with Crippen molar-refractivity contribution in [3.05, 3.63) is 23.8 Å². The molecule has 102 valence electrons. The fourth-order valence-corrected chi connectivity index (χ4v) is 2.59. The van der Waals surface area contributed by atoms with Crippen LogP contribution in [-0.2, 0) is 4.79 Å². The van der Waals surface area contributed by atoms with Crippen LogP contribution in [0.2, 0.25) is 0 Å². The molecule has 3 N–H and O–H groups in total. The van der Waals surface area contributed by atoms with Gasteiger partial charge in [0.2, 0.25) is 5.91 Å². The number of amides is 2. The van der Waals surface area contributed by atoms with Crippen molar-refractivity contribution in [2.24, 2.45) is 0 Å². The molecule has 0 saturated carbocycles. The summed E-state index contributed by atoms with van der Waals surface area (Å²) in [6, 6.07) is 5.17. The second-order valence-electron chi connectivity index (χ2n) is 4.43. The second-order valence-corrected chi connectivity index (χ2v) is 5.45. The molecule has 1 heterocycles. The summed E-state index contributed by atoms with van der Waals surface area (Å²) >= 11 is 1.46. The van der Waals surface area contributed by atoms with E-state index < -0.39 is 0 Å². The van der Waals surface area contributed by atoms with E-state index in [1.807, 2.05) is 13.0 Å². The molecule has 0 saturated heterocycles. The Hall–Kier alpha value is -1.53. The predicted molar refractivity (Wildman–Crippen MR) is 74.4 cm³/mol. The number of aliphatic hydroxyl groups excluding tert-OH is 1. The normalized spacial score (nSPS) is 15.4. The van der Waals surface area contributed by atoms with Gasteiger partial charge in [-0.2, -0.15) is 0 Å². The van der Waals surface area contributed by atoms with Gasteiger partial charge in [-0.25, -0.2) is 0 Å². The van der Waals surface area contributed by atoms with Gasteiger partial charge in [-0.05, 0) is 31.5 Å². The molecule has 1 aromatic carbocycles. The van der Waals surface area contributed by atoms with Crippen molar-refractivity contribution >= 4 is 29.3 Å². The first-order chi connectivity index (χ1) is 9.10. The van der Waals surface area contributed by atoms with E-state index >= 15 is 0 Å². The Morgan fingerprint density at radius 1 is 1.58 bits per heavy atom. The number of hydrogen-bond acceptors (Lipinski definition) is 4. The van der Waals surface area contributed by atoms with Gasteiger partial charge in [-0.15, -0.1) is 11.8 Å². The quantitative estimate of drug-likeness (QED) is 0.775. The molecule has 19 heavy (non-hydrogen) atoms. The van der Waals surface area contributed by atoms with Crippen molar-refractivity contribution in [3.63, 3.8) is 0 Å². The molecule has 0 bridgehead atoms. The van der Waals surface area contributed by atoms with E-state index in [1.165, 1.54) is 11.8 Å². The van der Waals surface area contributed by atoms with Gasteiger partial charge in [-0.3, -0.25) is 9.59 Å². The monoisotopic (exact) mass is 280 g/mol. The van der Waals surface area contributed by atoms with Crippen LogP contribution in [-0.4, -0.2) is 35.3 Å². The highest BCUT2D eigenvalue weighted by Gasteiger charge is 2.17. The molecule has 6 heteroatoms. The number of benzene rings is 1. The van der Waals surface area contributed by atoms with E-state index in [0.717, 1.165) is 4.90 Å². The molecule has 0 aliphatic carbocycles. The van der Waals surface area contributed by atoms with Crippen LogP contribution in [0.15, 0.2) is 23.1 Å². The molecule has 0 radical (unpaired) electrons. The predicted octanol–water partition coefficient (Wildman–Crippen LogP) is 1.23. The number of rotatable bonds is 4. The van der Waals surface area contributed by atoms with E-state index in [9.17, 15) is 9.59 Å². The maximum absolute atomic E-state index is 12.0. The second kappa shape index (κ2) is 6.08. The summed E-state index contributed by atoms with van der Waals surface area (Å²) in [5, 5.41) is 14.4. The van der Waals surface area contributed by atoms with Gasteiger partial charge in [0.05, 0.1) is 11.4 Å². The van der Waals surface area contributed by atoms with Crippen LogP contribution in [0.25, 0.3) is 0 Å². The van der Waals surface area contributed by atoms with E-state index in [0.29, 0.717) is 23.4 Å². The molecule has 1 aliphatic heterocycles. The molecule has 1 atom stereocenters. The molecule has 0 aromatic heterocycles. The van der Waals surface area contributed by atoms with Gasteiger partial charge < -0.3 is 15.7 Å². The number of nitrogens with one attached hydrogen (secondary N) is 2. The number of aliphatic hydroxyl groups is 1. The highest BCUT2D eigenvalue weighted by Crippen LogP contribution is 2.31. The van der Waals surface area contributed by atoms with Crippen molar-refractivity contribution in [1.29, 1.82) is 0 Å². The van der Waals surface area contributed by atoms with Crippen molar-refractivity contribution in [2.75, 3.05) is 17.7 Å². The Balaban J connectivity index is 2.11. The van der Waals surface area contributed by atoms with Gasteiger partial charge >= 0.3 is 0 Å². The summed E-state index contributed by atoms with van der Waals surface area (Å²) in [5.74, 6) is 0.156. The summed E-state index contributed by atoms with van der Waals surface area (Å²) in [6.45, 7) is 1.88. The third-order valence-electron chi connectivity index (χ3n) is 2.81. The molecule has 0 fully saturated rings. The van der Waals surface area contributed by atoms with Gasteiger partial charge in [0.25, 0.3) is 5.91 Å². The van der Waals surface area contributed by atoms with Gasteiger partial charge in [0, 0.05) is 23.1 Å². The Bertz CT molecular complexity index is 505. The first-order valence-electron chi connectivity index (χ1n) is 6.08. The fourth-order valence-electron chi connectivity index (χ4n) is 1.80. The van der Waals surface area contributed by atoms with Crippen molar-refractivity contribution in [3.8, 4) is 0 Å². The lowest BCUT2D eigenvalue weighted by atomic mass is 10.1. The lowest BCUT2D eigenvalue weighted by Crippen LogP contribution is -2.33. The van der Waals surface area contributed by atoms with E-state index in [-0.39, 0.29) is 24.5 Å². The topological polar surface area (TPSA) is 78.4 Å². The zero-order valence-corrected chi connectivity index (χ0v) is 11.4. The summed E-state index contributed by atoms with van der Waals surface area (Å²) in [7, 11) is 0. The SMILES string of the molecule is CC(CCO)NC(=O)c1ccc2c(c1)NC(=O)CS2. The Morgan fingerprint density at radius 2 is 2.37 bits per heavy atom. The van der Waals surface area contributed by atoms with Crippen LogP contribution in [0.1, 0.15) is 23.7 Å². The zero-order chi connectivity index (χ0) is 13.8. The average molecular weight is 280 g/mol. The van der Waals surface area contributed by atoms with E-state index in [1.54, 1.807) is 12.1 Å². The summed E-state index contributed by atoms with van der Waals surface area (Å²) in [4.78, 5) is 24.3. The minimum atomic E-state index is -0.200. The van der Waals surface area contributed by atoms with Crippen LogP contribution in [0.4, 0.5) is 5.69 Å². The number of hydrogen-bond donors (Lipinski definition) is 3. The molecular weight excluding hydrogens is 264 g/mol. The molecule has 5 nitrogen and oxygen atoms in total. The molecule has 0 spiro atoms. The average Bonchev–Trinajstić information content (AvgIpc) is 2.38. The third-order valence-corrected chi connectivity index (χ3v) is 3.89. The zero-order valence-electron chi connectivity index (χ0n) is 10.6. The molecule has 1 aliphatic rings. The minimum Gasteiger partial charge on any atom is -0.396 e. The van der Waals surface area contributed by atoms with Crippen LogP contribution in [0.5, 0.6) is 0 Å². The number of carbonyl (C=O) groups excluding carboxylic acids is 2. The molecule has 2 rings (SSSR count). The smallest absolute Gasteiger partial charge is 0.251 e. The standard InChI is InChI=1S/C13H16N2O3S/c1-8(4-5-16)14-13(18)9-2-3-11-10(6-9)15-12(17)7-19-11/h2-3,6,8,16H,4-5,7H2,1H3,(H,14,18)(H,15,17). The molecule has 2 amide bonds. The number of carbonyl (C=O) groups is 2. The number of thioether (sulfide) groups is 1. The first kappa shape index (κ1) is 13.9. The van der Waals surface area contributed by atoms with Crippen LogP contribution < -0.4 is 10.6 Å². The van der Waals surface area contributed by atoms with Crippen molar-refractivity contribution < 1.29 is 14.7 Å². The summed E-state index contributed by atoms with van der Waals surface area (Å²) in [5.41, 5.74) is 1.19. The highest BCUT2D eigenvalue weighted by atomic mass is 32.2. The van der Waals surface area contributed by atoms with Crippen LogP contribution >= 0.6 is 11.8 Å². The number of anilines is 1. The van der Waals surface area contributed by atoms with E-state index in [4.69, 9.17) is 5.11 Å². The van der Waals surface area contributed by atoms with Gasteiger partial charge in [0.15, 0.2) is 0 Å². The molecule has 1 unspecified atom stereocenters. The summed E-state index contributed by atoms with van der Waals surface area (Å²) in [6.07, 6.45) is 0.517. The Labute approximate surface area is 115 Å². The van der Waals surface area contributed by atoms with Crippen LogP contribution in [0, 0.1) is 0 Å². The minimum absolute atomic E-state index is 0.0400. The third kappa shape index (κ3) is 3.48. The lowest BCUT2D eigenvalue weighted by molar-refractivity contribution is -0.113. The van der Waals surface area contributed by atoms with Gasteiger partial charge in [0.1, 0.15) is 0 Å². The fraction of sp³-hybridized carbons (Fsp3) is 0.385. The largest absolute Gasteiger partial charge is 0.396 e. The van der Waals surface area contributed by atoms with Crippen LogP contribution in [0.3, 0.4) is 0 Å².